The zero-order chi connectivity index (χ0) is 13.9. The molecule has 0 N–H and O–H groups in total. The fourth-order valence-electron chi connectivity index (χ4n) is 2.24. The summed E-state index contributed by atoms with van der Waals surface area (Å²) in [6.45, 7) is 0. The second kappa shape index (κ2) is 4.79. The average Bonchev–Trinajstić information content (AvgIpc) is 2.46. The van der Waals surface area contributed by atoms with Crippen LogP contribution in [0.5, 0.6) is 11.5 Å². The first-order chi connectivity index (χ1) is 9.81. The van der Waals surface area contributed by atoms with E-state index in [4.69, 9.17) is 20.0 Å². The summed E-state index contributed by atoms with van der Waals surface area (Å²) >= 11 is 0. The molecular formula is C16H8N2O2. The first-order valence-corrected chi connectivity index (χ1v) is 5.90. The van der Waals surface area contributed by atoms with Crippen LogP contribution in [-0.4, -0.2) is 0 Å². The molecule has 0 saturated carbocycles. The smallest absolute Gasteiger partial charge is 0.292 e. The molecule has 0 aliphatic carbocycles. The lowest BCUT2D eigenvalue weighted by atomic mass is 10.0. The van der Waals surface area contributed by atoms with Crippen LogP contribution in [0, 0.1) is 23.0 Å². The topological polar surface area (TPSA) is 66.0 Å². The molecule has 0 atom stereocenters. The first-order valence-electron chi connectivity index (χ1n) is 5.90. The number of benzene rings is 3. The lowest BCUT2D eigenvalue weighted by Crippen LogP contribution is -1.88. The van der Waals surface area contributed by atoms with Crippen LogP contribution in [0.4, 0.5) is 0 Å². The van der Waals surface area contributed by atoms with E-state index < -0.39 is 0 Å². The standard InChI is InChI=1S/C16H8N2O2/c17-9-19-14-6-13-5-11-3-1-2-4-12(11)7-15(13)16(8-14)20-10-18/h1-8H. The van der Waals surface area contributed by atoms with Crippen LogP contribution in [0.3, 0.4) is 0 Å². The quantitative estimate of drug-likeness (QED) is 0.520. The Morgan fingerprint density at radius 2 is 1.45 bits per heavy atom. The van der Waals surface area contributed by atoms with E-state index in [1.54, 1.807) is 18.6 Å². The maximum absolute atomic E-state index is 8.74. The third kappa shape index (κ3) is 1.96. The average molecular weight is 260 g/mol. The fourth-order valence-corrected chi connectivity index (χ4v) is 2.24. The number of ether oxygens (including phenoxy) is 2. The summed E-state index contributed by atoms with van der Waals surface area (Å²) in [7, 11) is 0. The molecule has 4 heteroatoms. The van der Waals surface area contributed by atoms with E-state index >= 15 is 0 Å². The monoisotopic (exact) mass is 260 g/mol. The minimum atomic E-state index is 0.348. The predicted octanol–water partition coefficient (Wildman–Crippen LogP) is 3.71. The molecule has 0 radical (unpaired) electrons. The van der Waals surface area contributed by atoms with Gasteiger partial charge in [-0.3, -0.25) is 0 Å². The predicted molar refractivity (Wildman–Crippen MR) is 73.9 cm³/mol. The van der Waals surface area contributed by atoms with Gasteiger partial charge in [-0.2, -0.15) is 0 Å². The second-order valence-corrected chi connectivity index (χ2v) is 4.23. The molecule has 3 aromatic carbocycles. The molecule has 0 fully saturated rings. The zero-order valence-corrected chi connectivity index (χ0v) is 10.3. The Morgan fingerprint density at radius 1 is 0.750 bits per heavy atom. The Bertz CT molecular complexity index is 888. The van der Waals surface area contributed by atoms with Gasteiger partial charge >= 0.3 is 0 Å². The summed E-state index contributed by atoms with van der Waals surface area (Å²) in [4.78, 5) is 0. The van der Waals surface area contributed by atoms with Gasteiger partial charge in [-0.1, -0.05) is 24.3 Å². The van der Waals surface area contributed by atoms with Crippen molar-refractivity contribution >= 4 is 21.5 Å². The third-order valence-corrected chi connectivity index (χ3v) is 3.07. The molecule has 94 valence electrons. The van der Waals surface area contributed by atoms with Crippen LogP contribution in [-0.2, 0) is 0 Å². The zero-order valence-electron chi connectivity index (χ0n) is 10.3. The summed E-state index contributed by atoms with van der Waals surface area (Å²) in [5.74, 6) is 0.724. The van der Waals surface area contributed by atoms with Crippen molar-refractivity contribution in [2.24, 2.45) is 0 Å². The van der Waals surface area contributed by atoms with Gasteiger partial charge in [0.1, 0.15) is 5.75 Å². The van der Waals surface area contributed by atoms with Gasteiger partial charge in [0.25, 0.3) is 12.5 Å². The SMILES string of the molecule is N#COc1cc(OC#N)c2cc3ccccc3cc2c1. The highest BCUT2D eigenvalue weighted by molar-refractivity contribution is 6.01. The lowest BCUT2D eigenvalue weighted by Gasteiger charge is -2.07. The molecule has 0 spiro atoms. The Hall–Kier alpha value is -3.24. The van der Waals surface area contributed by atoms with Crippen LogP contribution in [0.25, 0.3) is 21.5 Å². The molecule has 3 rings (SSSR count). The van der Waals surface area contributed by atoms with E-state index in [1.165, 1.54) is 6.07 Å². The van der Waals surface area contributed by atoms with Crippen molar-refractivity contribution in [1.29, 1.82) is 10.5 Å². The molecule has 3 aromatic rings. The van der Waals surface area contributed by atoms with Gasteiger partial charge in [0.2, 0.25) is 0 Å². The van der Waals surface area contributed by atoms with Crippen LogP contribution >= 0.6 is 0 Å². The number of hydrogen-bond donors (Lipinski definition) is 0. The first kappa shape index (κ1) is 11.8. The molecule has 0 unspecified atom stereocenters. The molecule has 0 amide bonds. The van der Waals surface area contributed by atoms with Gasteiger partial charge < -0.3 is 9.47 Å². The molecule has 0 saturated heterocycles. The summed E-state index contributed by atoms with van der Waals surface area (Å²) in [6.07, 6.45) is 3.27. The lowest BCUT2D eigenvalue weighted by molar-refractivity contribution is 0.488. The van der Waals surface area contributed by atoms with E-state index in [-0.39, 0.29) is 0 Å². The van der Waals surface area contributed by atoms with Gasteiger partial charge in [0, 0.05) is 11.5 Å². The van der Waals surface area contributed by atoms with Crippen molar-refractivity contribution in [2.75, 3.05) is 0 Å². The maximum atomic E-state index is 8.74. The van der Waals surface area contributed by atoms with Gasteiger partial charge in [-0.15, -0.1) is 10.5 Å². The van der Waals surface area contributed by atoms with E-state index in [9.17, 15) is 0 Å². The van der Waals surface area contributed by atoms with Crippen molar-refractivity contribution in [2.45, 2.75) is 0 Å². The normalized spacial score (nSPS) is 9.90. The number of nitriles is 2. The molecule has 0 heterocycles. The third-order valence-electron chi connectivity index (χ3n) is 3.07. The number of hydrogen-bond acceptors (Lipinski definition) is 4. The van der Waals surface area contributed by atoms with Gasteiger partial charge in [0.15, 0.2) is 5.75 Å². The van der Waals surface area contributed by atoms with Gasteiger partial charge in [0.05, 0.1) is 0 Å². The molecular weight excluding hydrogens is 252 g/mol. The number of nitrogens with zero attached hydrogens (tertiary/aromatic N) is 2. The summed E-state index contributed by atoms with van der Waals surface area (Å²) in [6, 6.07) is 15.1. The van der Waals surface area contributed by atoms with E-state index in [0.29, 0.717) is 11.5 Å². The highest BCUT2D eigenvalue weighted by Crippen LogP contribution is 2.34. The summed E-state index contributed by atoms with van der Waals surface area (Å²) in [5.41, 5.74) is 0. The minimum absolute atomic E-state index is 0.348. The van der Waals surface area contributed by atoms with E-state index in [0.717, 1.165) is 21.5 Å². The van der Waals surface area contributed by atoms with Crippen LogP contribution in [0.2, 0.25) is 0 Å². The summed E-state index contributed by atoms with van der Waals surface area (Å²) in [5, 5.41) is 21.1. The maximum Gasteiger partial charge on any atom is 0.292 e. The van der Waals surface area contributed by atoms with Gasteiger partial charge in [-0.05, 0) is 34.4 Å². The Balaban J connectivity index is 2.35. The minimum Gasteiger partial charge on any atom is -0.388 e. The number of rotatable bonds is 2. The largest absolute Gasteiger partial charge is 0.388 e. The van der Waals surface area contributed by atoms with Crippen molar-refractivity contribution in [3.05, 3.63) is 48.5 Å². The van der Waals surface area contributed by atoms with Crippen molar-refractivity contribution < 1.29 is 9.47 Å². The highest BCUT2D eigenvalue weighted by atomic mass is 16.5. The number of fused-ring (bicyclic) bond motifs is 2. The van der Waals surface area contributed by atoms with Crippen LogP contribution < -0.4 is 9.47 Å². The molecule has 0 aliphatic rings. The molecule has 0 aliphatic heterocycles. The molecule has 0 bridgehead atoms. The van der Waals surface area contributed by atoms with Crippen molar-refractivity contribution in [3.8, 4) is 24.0 Å². The molecule has 4 nitrogen and oxygen atoms in total. The molecule has 0 aromatic heterocycles. The van der Waals surface area contributed by atoms with Crippen molar-refractivity contribution in [1.82, 2.24) is 0 Å². The Labute approximate surface area is 115 Å². The van der Waals surface area contributed by atoms with Crippen molar-refractivity contribution in [3.63, 3.8) is 0 Å². The van der Waals surface area contributed by atoms with E-state index in [2.05, 4.69) is 0 Å². The van der Waals surface area contributed by atoms with Gasteiger partial charge in [-0.25, -0.2) is 0 Å². The highest BCUT2D eigenvalue weighted by Gasteiger charge is 2.08. The Morgan fingerprint density at radius 3 is 2.15 bits per heavy atom. The summed E-state index contributed by atoms with van der Waals surface area (Å²) < 4.78 is 9.80. The molecule has 20 heavy (non-hydrogen) atoms. The fraction of sp³-hybridized carbons (Fsp3) is 0. The second-order valence-electron chi connectivity index (χ2n) is 4.23. The Kier molecular flexibility index (Phi) is 2.84. The van der Waals surface area contributed by atoms with Crippen LogP contribution in [0.15, 0.2) is 48.5 Å². The van der Waals surface area contributed by atoms with E-state index in [1.807, 2.05) is 36.4 Å². The van der Waals surface area contributed by atoms with Crippen LogP contribution in [0.1, 0.15) is 0 Å².